The molecule has 1 aromatic rings. The van der Waals surface area contributed by atoms with Crippen LogP contribution in [0.15, 0.2) is 29.4 Å². The predicted octanol–water partition coefficient (Wildman–Crippen LogP) is 2.80. The second kappa shape index (κ2) is 5.07. The van der Waals surface area contributed by atoms with Crippen LogP contribution in [0.5, 0.6) is 0 Å². The van der Waals surface area contributed by atoms with E-state index in [1.807, 2.05) is 24.3 Å². The second-order valence-corrected chi connectivity index (χ2v) is 5.03. The van der Waals surface area contributed by atoms with Crippen molar-refractivity contribution in [2.24, 2.45) is 11.1 Å². The topological polar surface area (TPSA) is 49.7 Å². The fraction of sp³-hybridized carbons (Fsp3) is 0.333. The van der Waals surface area contributed by atoms with Gasteiger partial charge in [0.05, 0.1) is 11.6 Å². The smallest absolute Gasteiger partial charge is 0.174 e. The molecule has 1 unspecified atom stereocenters. The summed E-state index contributed by atoms with van der Waals surface area (Å²) in [6.45, 7) is 0. The number of nitrogens with zero attached hydrogens (tertiary/aromatic N) is 1. The van der Waals surface area contributed by atoms with Crippen LogP contribution in [0.4, 0.5) is 0 Å². The first-order valence-corrected chi connectivity index (χ1v) is 6.14. The Labute approximate surface area is 109 Å². The molecule has 1 aliphatic rings. The Kier molecular flexibility index (Phi) is 3.69. The van der Waals surface area contributed by atoms with Crippen molar-refractivity contribution in [2.75, 3.05) is 0 Å². The van der Waals surface area contributed by atoms with Crippen molar-refractivity contribution in [1.82, 2.24) is 0 Å². The predicted molar refractivity (Wildman–Crippen MR) is 67.1 cm³/mol. The van der Waals surface area contributed by atoms with E-state index < -0.39 is 10.8 Å². The number of alkyl halides is 2. The number of Topliss-reactive ketones (excluding diaryl/α,β-unsaturated/α-hetero) is 1. The van der Waals surface area contributed by atoms with Crippen LogP contribution in [0.2, 0.25) is 0 Å². The number of ketones is 1. The van der Waals surface area contributed by atoms with E-state index >= 15 is 0 Å². The lowest BCUT2D eigenvalue weighted by Crippen LogP contribution is -2.33. The van der Waals surface area contributed by atoms with Gasteiger partial charge in [0.2, 0.25) is 0 Å². The summed E-state index contributed by atoms with van der Waals surface area (Å²) in [7, 11) is 0. The Morgan fingerprint density at radius 2 is 2.12 bits per heavy atom. The zero-order valence-electron chi connectivity index (χ0n) is 8.94. The molecule has 0 heterocycles. The molecule has 0 amide bonds. The number of benzene rings is 1. The summed E-state index contributed by atoms with van der Waals surface area (Å²) in [6, 6.07) is 7.55. The first kappa shape index (κ1) is 12.4. The van der Waals surface area contributed by atoms with E-state index in [-0.39, 0.29) is 5.78 Å². The van der Waals surface area contributed by atoms with Gasteiger partial charge in [0.15, 0.2) is 10.6 Å². The minimum atomic E-state index is -1.08. The molecule has 2 rings (SSSR count). The first-order chi connectivity index (χ1) is 8.15. The summed E-state index contributed by atoms with van der Waals surface area (Å²) < 4.78 is 0. The van der Waals surface area contributed by atoms with E-state index in [4.69, 9.17) is 28.4 Å². The molecule has 1 aliphatic carbocycles. The molecule has 0 spiro atoms. The Morgan fingerprint density at radius 1 is 1.41 bits per heavy atom. The van der Waals surface area contributed by atoms with E-state index in [0.29, 0.717) is 12.1 Å². The molecule has 0 saturated carbocycles. The van der Waals surface area contributed by atoms with Gasteiger partial charge >= 0.3 is 0 Å². The largest absolute Gasteiger partial charge is 0.411 e. The van der Waals surface area contributed by atoms with Crippen molar-refractivity contribution in [3.63, 3.8) is 0 Å². The molecule has 0 radical (unpaired) electrons. The molecule has 0 fully saturated rings. The minimum Gasteiger partial charge on any atom is -0.411 e. The van der Waals surface area contributed by atoms with Crippen LogP contribution >= 0.6 is 23.2 Å². The number of rotatable bonds is 2. The second-order valence-electron chi connectivity index (χ2n) is 3.94. The quantitative estimate of drug-likeness (QED) is 0.511. The van der Waals surface area contributed by atoms with Crippen LogP contribution in [0.25, 0.3) is 0 Å². The summed E-state index contributed by atoms with van der Waals surface area (Å²) >= 11 is 11.2. The van der Waals surface area contributed by atoms with E-state index in [0.717, 1.165) is 17.5 Å². The molecule has 1 atom stereocenters. The highest BCUT2D eigenvalue weighted by atomic mass is 35.5. The van der Waals surface area contributed by atoms with E-state index in [9.17, 15) is 4.79 Å². The lowest BCUT2D eigenvalue weighted by molar-refractivity contribution is -0.119. The summed E-state index contributed by atoms with van der Waals surface area (Å²) in [5.41, 5.74) is 2.24. The van der Waals surface area contributed by atoms with Crippen LogP contribution in [0.1, 0.15) is 17.5 Å². The molecule has 5 heteroatoms. The van der Waals surface area contributed by atoms with E-state index in [2.05, 4.69) is 5.16 Å². The van der Waals surface area contributed by atoms with Crippen LogP contribution < -0.4 is 0 Å². The van der Waals surface area contributed by atoms with Crippen LogP contribution in [0.3, 0.4) is 0 Å². The van der Waals surface area contributed by atoms with Gasteiger partial charge < -0.3 is 5.21 Å². The van der Waals surface area contributed by atoms with Gasteiger partial charge in [-0.15, -0.1) is 0 Å². The maximum Gasteiger partial charge on any atom is 0.174 e. The molecular weight excluding hydrogens is 261 g/mol. The zero-order valence-corrected chi connectivity index (χ0v) is 10.4. The van der Waals surface area contributed by atoms with E-state index in [1.165, 1.54) is 0 Å². The van der Waals surface area contributed by atoms with Crippen LogP contribution in [-0.4, -0.2) is 21.5 Å². The first-order valence-electron chi connectivity index (χ1n) is 5.27. The SMILES string of the molecule is O=C(C(Cl)Cl)C1CCc2ccccc2C1=NO. The maximum atomic E-state index is 11.8. The normalized spacial score (nSPS) is 21.6. The van der Waals surface area contributed by atoms with Gasteiger partial charge in [-0.2, -0.15) is 0 Å². The number of hydrogen-bond donors (Lipinski definition) is 1. The zero-order chi connectivity index (χ0) is 12.4. The van der Waals surface area contributed by atoms with Crippen LogP contribution in [-0.2, 0) is 11.2 Å². The Bertz CT molecular complexity index is 471. The molecule has 0 saturated heterocycles. The molecule has 17 heavy (non-hydrogen) atoms. The van der Waals surface area contributed by atoms with Gasteiger partial charge in [-0.25, -0.2) is 0 Å². The highest BCUT2D eigenvalue weighted by molar-refractivity contribution is 6.54. The van der Waals surface area contributed by atoms with Gasteiger partial charge in [0.25, 0.3) is 0 Å². The third-order valence-electron chi connectivity index (χ3n) is 2.99. The van der Waals surface area contributed by atoms with Gasteiger partial charge in [0.1, 0.15) is 0 Å². The van der Waals surface area contributed by atoms with Gasteiger partial charge in [-0.3, -0.25) is 4.79 Å². The number of hydrogen-bond acceptors (Lipinski definition) is 3. The van der Waals surface area contributed by atoms with Crippen molar-refractivity contribution < 1.29 is 10.0 Å². The highest BCUT2D eigenvalue weighted by Gasteiger charge is 2.33. The van der Waals surface area contributed by atoms with Crippen molar-refractivity contribution in [1.29, 1.82) is 0 Å². The van der Waals surface area contributed by atoms with Gasteiger partial charge in [0, 0.05) is 5.56 Å². The molecule has 0 aliphatic heterocycles. The molecule has 0 bridgehead atoms. The van der Waals surface area contributed by atoms with Gasteiger partial charge in [-0.05, 0) is 18.4 Å². The minimum absolute atomic E-state index is 0.310. The molecule has 0 aromatic heterocycles. The Hall–Kier alpha value is -1.06. The summed E-state index contributed by atoms with van der Waals surface area (Å²) in [4.78, 5) is 10.7. The summed E-state index contributed by atoms with van der Waals surface area (Å²) in [6.07, 6.45) is 1.33. The highest BCUT2D eigenvalue weighted by Crippen LogP contribution is 2.28. The molecule has 1 N–H and O–H groups in total. The summed E-state index contributed by atoms with van der Waals surface area (Å²) in [5.74, 6) is -0.828. The fourth-order valence-electron chi connectivity index (χ4n) is 2.17. The molecule has 3 nitrogen and oxygen atoms in total. The van der Waals surface area contributed by atoms with Gasteiger partial charge in [-0.1, -0.05) is 52.6 Å². The van der Waals surface area contributed by atoms with E-state index in [1.54, 1.807) is 0 Å². The lowest BCUT2D eigenvalue weighted by atomic mass is 9.80. The fourth-order valence-corrected chi connectivity index (χ4v) is 2.47. The number of carbonyl (C=O) groups is 1. The number of carbonyl (C=O) groups excluding carboxylic acids is 1. The summed E-state index contributed by atoms with van der Waals surface area (Å²) in [5, 5.41) is 12.3. The Morgan fingerprint density at radius 3 is 2.76 bits per heavy atom. The number of aryl methyl sites for hydroxylation is 1. The number of halogens is 2. The number of fused-ring (bicyclic) bond motifs is 1. The Balaban J connectivity index is 2.40. The third-order valence-corrected chi connectivity index (χ3v) is 3.42. The monoisotopic (exact) mass is 271 g/mol. The average Bonchev–Trinajstić information content (AvgIpc) is 2.36. The van der Waals surface area contributed by atoms with Crippen molar-refractivity contribution in [3.8, 4) is 0 Å². The average molecular weight is 272 g/mol. The standard InChI is InChI=1S/C12H11Cl2NO2/c13-12(14)11(16)9-6-5-7-3-1-2-4-8(7)10(9)15-17/h1-4,9,12,17H,5-6H2. The lowest BCUT2D eigenvalue weighted by Gasteiger charge is -2.24. The molecular formula is C12H11Cl2NO2. The third kappa shape index (κ3) is 2.31. The van der Waals surface area contributed by atoms with Crippen molar-refractivity contribution >= 4 is 34.7 Å². The maximum absolute atomic E-state index is 11.8. The molecule has 1 aromatic carbocycles. The van der Waals surface area contributed by atoms with Crippen molar-refractivity contribution in [3.05, 3.63) is 35.4 Å². The molecule has 90 valence electrons. The number of oxime groups is 1. The van der Waals surface area contributed by atoms with Crippen LogP contribution in [0, 0.1) is 5.92 Å². The van der Waals surface area contributed by atoms with Crippen molar-refractivity contribution in [2.45, 2.75) is 17.7 Å².